The predicted molar refractivity (Wildman–Crippen MR) is 132 cm³/mol. The van der Waals surface area contributed by atoms with Gasteiger partial charge in [0.05, 0.1) is 17.8 Å². The smallest absolute Gasteiger partial charge is 0.323 e. The zero-order valence-corrected chi connectivity index (χ0v) is 19.4. The number of rotatable bonds is 5. The molecule has 0 aliphatic heterocycles. The molecule has 5 aromatic rings. The number of para-hydroxylation sites is 1. The van der Waals surface area contributed by atoms with E-state index in [1.165, 1.54) is 10.7 Å². The standard InChI is InChI=1S/C26H21ClN4O3/c1-15-11-17(19-5-3-4-6-21(19)28-15)13-31-24(32)10-8-22(29-31)26-16(2)30(14-25(33)34)23-9-7-18(27)12-20(23)26/h3-12H,13-14H2,1-2H3,(H,33,34). The van der Waals surface area contributed by atoms with Gasteiger partial charge in [0.25, 0.3) is 5.56 Å². The molecule has 3 aromatic heterocycles. The fourth-order valence-corrected chi connectivity index (χ4v) is 4.67. The highest BCUT2D eigenvalue weighted by molar-refractivity contribution is 6.31. The maximum Gasteiger partial charge on any atom is 0.323 e. The molecule has 2 aromatic carbocycles. The highest BCUT2D eigenvalue weighted by atomic mass is 35.5. The van der Waals surface area contributed by atoms with Gasteiger partial charge in [-0.1, -0.05) is 29.8 Å². The molecule has 0 aliphatic carbocycles. The third-order valence-corrected chi connectivity index (χ3v) is 6.19. The molecule has 0 radical (unpaired) electrons. The van der Waals surface area contributed by atoms with Gasteiger partial charge in [-0.25, -0.2) is 4.68 Å². The molecule has 0 fully saturated rings. The van der Waals surface area contributed by atoms with E-state index in [1.807, 2.05) is 44.2 Å². The minimum atomic E-state index is -0.945. The summed E-state index contributed by atoms with van der Waals surface area (Å²) in [4.78, 5) is 28.8. The second kappa shape index (κ2) is 8.43. The van der Waals surface area contributed by atoms with Crippen molar-refractivity contribution < 1.29 is 9.90 Å². The molecule has 0 saturated heterocycles. The van der Waals surface area contributed by atoms with E-state index in [-0.39, 0.29) is 18.6 Å². The van der Waals surface area contributed by atoms with E-state index in [2.05, 4.69) is 10.1 Å². The van der Waals surface area contributed by atoms with Crippen LogP contribution >= 0.6 is 11.6 Å². The number of halogens is 1. The Morgan fingerprint density at radius 3 is 2.62 bits per heavy atom. The molecule has 0 unspecified atom stereocenters. The summed E-state index contributed by atoms with van der Waals surface area (Å²) in [6, 6.07) is 18.3. The van der Waals surface area contributed by atoms with Crippen LogP contribution in [-0.4, -0.2) is 30.4 Å². The summed E-state index contributed by atoms with van der Waals surface area (Å²) in [5, 5.41) is 16.4. The number of aromatic nitrogens is 4. The van der Waals surface area contributed by atoms with Crippen LogP contribution in [0, 0.1) is 13.8 Å². The van der Waals surface area contributed by atoms with Crippen LogP contribution in [0.15, 0.2) is 65.5 Å². The predicted octanol–water partition coefficient (Wildman–Crippen LogP) is 4.82. The van der Waals surface area contributed by atoms with Gasteiger partial charge >= 0.3 is 5.97 Å². The van der Waals surface area contributed by atoms with Crippen molar-refractivity contribution in [3.8, 4) is 11.3 Å². The Hall–Kier alpha value is -3.97. The van der Waals surface area contributed by atoms with Crippen molar-refractivity contribution in [2.24, 2.45) is 0 Å². The van der Waals surface area contributed by atoms with Crippen LogP contribution in [0.2, 0.25) is 5.02 Å². The first-order chi connectivity index (χ1) is 16.3. The number of aliphatic carboxylic acids is 1. The number of carboxylic acid groups (broad SMARTS) is 1. The lowest BCUT2D eigenvalue weighted by molar-refractivity contribution is -0.137. The maximum atomic E-state index is 12.8. The largest absolute Gasteiger partial charge is 0.480 e. The van der Waals surface area contributed by atoms with Crippen LogP contribution in [0.3, 0.4) is 0 Å². The molecular formula is C26H21ClN4O3. The first-order valence-electron chi connectivity index (χ1n) is 10.8. The highest BCUT2D eigenvalue weighted by Gasteiger charge is 2.19. The Balaban J connectivity index is 1.68. The van der Waals surface area contributed by atoms with Crippen molar-refractivity contribution in [3.63, 3.8) is 0 Å². The Morgan fingerprint density at radius 2 is 1.82 bits per heavy atom. The van der Waals surface area contributed by atoms with E-state index in [9.17, 15) is 14.7 Å². The fraction of sp³-hybridized carbons (Fsp3) is 0.154. The minimum absolute atomic E-state index is 0.189. The second-order valence-electron chi connectivity index (χ2n) is 8.26. The lowest BCUT2D eigenvalue weighted by atomic mass is 10.1. The Morgan fingerprint density at radius 1 is 1.03 bits per heavy atom. The number of fused-ring (bicyclic) bond motifs is 2. The Bertz CT molecular complexity index is 1650. The van der Waals surface area contributed by atoms with Crippen molar-refractivity contribution in [1.29, 1.82) is 0 Å². The van der Waals surface area contributed by atoms with Gasteiger partial charge in [-0.3, -0.25) is 14.6 Å². The van der Waals surface area contributed by atoms with E-state index in [4.69, 9.17) is 11.6 Å². The molecule has 34 heavy (non-hydrogen) atoms. The maximum absolute atomic E-state index is 12.8. The number of pyridine rings is 1. The number of aryl methyl sites for hydroxylation is 1. The number of hydrogen-bond donors (Lipinski definition) is 1. The van der Waals surface area contributed by atoms with E-state index in [1.54, 1.807) is 28.8 Å². The van der Waals surface area contributed by atoms with Gasteiger partial charge in [-0.15, -0.1) is 0 Å². The van der Waals surface area contributed by atoms with Crippen LogP contribution in [0.25, 0.3) is 33.1 Å². The third kappa shape index (κ3) is 3.84. The molecule has 0 spiro atoms. The average Bonchev–Trinajstić information content (AvgIpc) is 3.05. The molecule has 0 bridgehead atoms. The molecule has 170 valence electrons. The summed E-state index contributed by atoms with van der Waals surface area (Å²) in [7, 11) is 0. The normalized spacial score (nSPS) is 11.4. The first-order valence-corrected chi connectivity index (χ1v) is 11.1. The third-order valence-electron chi connectivity index (χ3n) is 5.95. The van der Waals surface area contributed by atoms with Gasteiger partial charge < -0.3 is 9.67 Å². The molecule has 8 heteroatoms. The Labute approximate surface area is 199 Å². The number of carbonyl (C=O) groups is 1. The van der Waals surface area contributed by atoms with Crippen molar-refractivity contribution in [2.75, 3.05) is 0 Å². The van der Waals surface area contributed by atoms with E-state index in [0.717, 1.165) is 44.3 Å². The number of nitrogens with zero attached hydrogens (tertiary/aromatic N) is 4. The van der Waals surface area contributed by atoms with Gasteiger partial charge in [0.1, 0.15) is 6.54 Å². The van der Waals surface area contributed by atoms with Crippen molar-refractivity contribution in [1.82, 2.24) is 19.3 Å². The van der Waals surface area contributed by atoms with Crippen molar-refractivity contribution >= 4 is 39.4 Å². The van der Waals surface area contributed by atoms with E-state index < -0.39 is 5.97 Å². The van der Waals surface area contributed by atoms with Gasteiger partial charge in [0.15, 0.2) is 0 Å². The molecule has 0 amide bonds. The van der Waals surface area contributed by atoms with Crippen molar-refractivity contribution in [3.05, 3.63) is 93.0 Å². The first kappa shape index (κ1) is 21.9. The van der Waals surface area contributed by atoms with Gasteiger partial charge in [0, 0.05) is 44.3 Å². The van der Waals surface area contributed by atoms with Gasteiger partial charge in [-0.05, 0) is 55.8 Å². The van der Waals surface area contributed by atoms with Crippen LogP contribution in [0.1, 0.15) is 17.0 Å². The lowest BCUT2D eigenvalue weighted by Crippen LogP contribution is -2.23. The van der Waals surface area contributed by atoms with Crippen LogP contribution < -0.4 is 5.56 Å². The number of hydrogen-bond acceptors (Lipinski definition) is 4. The molecule has 0 aliphatic rings. The quantitative estimate of drug-likeness (QED) is 0.396. The van der Waals surface area contributed by atoms with Crippen LogP contribution in [0.5, 0.6) is 0 Å². The molecule has 7 nitrogen and oxygen atoms in total. The molecule has 0 saturated carbocycles. The summed E-state index contributed by atoms with van der Waals surface area (Å²) in [6.07, 6.45) is 0. The molecule has 3 heterocycles. The topological polar surface area (TPSA) is 90.0 Å². The zero-order valence-electron chi connectivity index (χ0n) is 18.6. The fourth-order valence-electron chi connectivity index (χ4n) is 4.50. The SMILES string of the molecule is Cc1cc(Cn2nc(-c3c(C)n(CC(=O)O)c4ccc(Cl)cc34)ccc2=O)c2ccccc2n1. The van der Waals surface area contributed by atoms with E-state index >= 15 is 0 Å². The molecular weight excluding hydrogens is 452 g/mol. The Kier molecular flexibility index (Phi) is 5.42. The zero-order chi connectivity index (χ0) is 24.0. The minimum Gasteiger partial charge on any atom is -0.480 e. The summed E-state index contributed by atoms with van der Waals surface area (Å²) in [5.41, 5.74) is 5.25. The summed E-state index contributed by atoms with van der Waals surface area (Å²) < 4.78 is 3.15. The number of carboxylic acids is 1. The number of benzene rings is 2. The lowest BCUT2D eigenvalue weighted by Gasteiger charge is -2.11. The summed E-state index contributed by atoms with van der Waals surface area (Å²) in [5.74, 6) is -0.945. The molecule has 0 atom stereocenters. The van der Waals surface area contributed by atoms with Crippen molar-refractivity contribution in [2.45, 2.75) is 26.9 Å². The van der Waals surface area contributed by atoms with Gasteiger partial charge in [0.2, 0.25) is 0 Å². The molecule has 1 N–H and O–H groups in total. The monoisotopic (exact) mass is 472 g/mol. The van der Waals surface area contributed by atoms with Crippen LogP contribution in [0.4, 0.5) is 0 Å². The average molecular weight is 473 g/mol. The van der Waals surface area contributed by atoms with E-state index in [0.29, 0.717) is 10.7 Å². The summed E-state index contributed by atoms with van der Waals surface area (Å²) in [6.45, 7) is 3.87. The summed E-state index contributed by atoms with van der Waals surface area (Å²) >= 11 is 6.27. The molecule has 5 rings (SSSR count). The van der Waals surface area contributed by atoms with Gasteiger partial charge in [-0.2, -0.15) is 5.10 Å². The highest BCUT2D eigenvalue weighted by Crippen LogP contribution is 2.35. The second-order valence-corrected chi connectivity index (χ2v) is 8.69. The van der Waals surface area contributed by atoms with Crippen LogP contribution in [-0.2, 0) is 17.9 Å².